The average Bonchev–Trinajstić information content (AvgIpc) is 2.27. The van der Waals surface area contributed by atoms with Crippen molar-refractivity contribution >= 4 is 11.8 Å². The summed E-state index contributed by atoms with van der Waals surface area (Å²) in [6.45, 7) is 6.02. The molecule has 17 heavy (non-hydrogen) atoms. The highest BCUT2D eigenvalue weighted by Gasteiger charge is 2.13. The van der Waals surface area contributed by atoms with Crippen LogP contribution in [0.15, 0.2) is 12.1 Å². The van der Waals surface area contributed by atoms with Crippen molar-refractivity contribution in [3.8, 4) is 0 Å². The molecule has 1 aromatic heterocycles. The van der Waals surface area contributed by atoms with E-state index in [2.05, 4.69) is 23.7 Å². The lowest BCUT2D eigenvalue weighted by molar-refractivity contribution is 0.0695. The first-order valence-electron chi connectivity index (χ1n) is 5.91. The van der Waals surface area contributed by atoms with Crippen LogP contribution in [0.1, 0.15) is 42.7 Å². The third-order valence-corrected chi connectivity index (χ3v) is 3.03. The molecule has 1 N–H and O–H groups in total. The summed E-state index contributed by atoms with van der Waals surface area (Å²) < 4.78 is 0. The molecule has 4 heteroatoms. The molecule has 0 saturated carbocycles. The van der Waals surface area contributed by atoms with Crippen molar-refractivity contribution in [3.05, 3.63) is 23.4 Å². The molecule has 0 aliphatic carbocycles. The van der Waals surface area contributed by atoms with Crippen molar-refractivity contribution in [1.29, 1.82) is 0 Å². The van der Waals surface area contributed by atoms with E-state index >= 15 is 0 Å². The van der Waals surface area contributed by atoms with E-state index in [1.807, 2.05) is 7.05 Å². The monoisotopic (exact) mass is 236 g/mol. The molecule has 94 valence electrons. The number of hydrogen-bond acceptors (Lipinski definition) is 3. The Morgan fingerprint density at radius 1 is 1.53 bits per heavy atom. The highest BCUT2D eigenvalue weighted by Crippen LogP contribution is 2.17. The van der Waals surface area contributed by atoms with Crippen molar-refractivity contribution < 1.29 is 9.90 Å². The van der Waals surface area contributed by atoms with E-state index in [0.29, 0.717) is 11.7 Å². The van der Waals surface area contributed by atoms with Crippen molar-refractivity contribution in [2.75, 3.05) is 11.9 Å². The largest absolute Gasteiger partial charge is 0.478 e. The number of carboxylic acids is 1. The molecule has 1 aromatic rings. The van der Waals surface area contributed by atoms with Crippen molar-refractivity contribution in [2.24, 2.45) is 0 Å². The predicted octanol–water partition coefficient (Wildman–Crippen LogP) is 2.71. The smallest absolute Gasteiger partial charge is 0.337 e. The van der Waals surface area contributed by atoms with Crippen LogP contribution in [0.2, 0.25) is 0 Å². The van der Waals surface area contributed by atoms with Gasteiger partial charge in [-0.25, -0.2) is 9.78 Å². The maximum Gasteiger partial charge on any atom is 0.337 e. The summed E-state index contributed by atoms with van der Waals surface area (Å²) in [4.78, 5) is 17.3. The molecule has 0 aromatic carbocycles. The summed E-state index contributed by atoms with van der Waals surface area (Å²) in [5.41, 5.74) is 0.829. The number of aromatic nitrogens is 1. The van der Waals surface area contributed by atoms with Gasteiger partial charge in [-0.15, -0.1) is 0 Å². The minimum absolute atomic E-state index is 0.269. The number of anilines is 1. The lowest BCUT2D eigenvalue weighted by Gasteiger charge is -2.26. The fraction of sp³-hybridized carbons (Fsp3) is 0.538. The van der Waals surface area contributed by atoms with Gasteiger partial charge in [0.2, 0.25) is 0 Å². The quantitative estimate of drug-likeness (QED) is 0.854. The summed E-state index contributed by atoms with van der Waals surface area (Å²) in [7, 11) is 1.99. The van der Waals surface area contributed by atoms with E-state index in [0.717, 1.165) is 18.7 Å². The van der Waals surface area contributed by atoms with Crippen LogP contribution in [-0.4, -0.2) is 29.1 Å². The summed E-state index contributed by atoms with van der Waals surface area (Å²) in [5, 5.41) is 8.93. The van der Waals surface area contributed by atoms with Gasteiger partial charge in [-0.1, -0.05) is 13.3 Å². The average molecular weight is 236 g/mol. The van der Waals surface area contributed by atoms with Crippen LogP contribution in [0.3, 0.4) is 0 Å². The van der Waals surface area contributed by atoms with Crippen LogP contribution in [0.4, 0.5) is 5.82 Å². The molecule has 0 aliphatic heterocycles. The van der Waals surface area contributed by atoms with Gasteiger partial charge in [0, 0.05) is 13.1 Å². The fourth-order valence-corrected chi connectivity index (χ4v) is 1.81. The van der Waals surface area contributed by atoms with Crippen molar-refractivity contribution in [1.82, 2.24) is 4.98 Å². The molecule has 0 spiro atoms. The summed E-state index contributed by atoms with van der Waals surface area (Å²) in [6.07, 6.45) is 2.22. The maximum absolute atomic E-state index is 10.9. The Bertz CT molecular complexity index is 404. The summed E-state index contributed by atoms with van der Waals surface area (Å²) >= 11 is 0. The van der Waals surface area contributed by atoms with Gasteiger partial charge in [0.1, 0.15) is 5.82 Å². The molecule has 1 heterocycles. The Morgan fingerprint density at radius 2 is 2.18 bits per heavy atom. The minimum atomic E-state index is -0.925. The number of aryl methyl sites for hydroxylation is 1. The predicted molar refractivity (Wildman–Crippen MR) is 68.7 cm³/mol. The van der Waals surface area contributed by atoms with E-state index in [4.69, 9.17) is 5.11 Å². The second-order valence-electron chi connectivity index (χ2n) is 4.36. The lowest BCUT2D eigenvalue weighted by Crippen LogP contribution is -2.29. The highest BCUT2D eigenvalue weighted by molar-refractivity contribution is 5.89. The molecule has 0 fully saturated rings. The zero-order valence-corrected chi connectivity index (χ0v) is 10.9. The van der Waals surface area contributed by atoms with Gasteiger partial charge in [-0.05, 0) is 32.4 Å². The van der Waals surface area contributed by atoms with Gasteiger partial charge in [0.05, 0.1) is 11.3 Å². The standard InChI is InChI=1S/C13H20N2O2/c1-5-6-9(2)15(4)12-8-7-11(13(16)17)10(3)14-12/h7-9H,5-6H2,1-4H3,(H,16,17). The molecular weight excluding hydrogens is 216 g/mol. The zero-order valence-electron chi connectivity index (χ0n) is 10.9. The van der Waals surface area contributed by atoms with E-state index in [9.17, 15) is 4.79 Å². The second-order valence-corrected chi connectivity index (χ2v) is 4.36. The lowest BCUT2D eigenvalue weighted by atomic mass is 10.1. The van der Waals surface area contributed by atoms with Gasteiger partial charge in [-0.2, -0.15) is 0 Å². The molecule has 1 rings (SSSR count). The highest BCUT2D eigenvalue weighted by atomic mass is 16.4. The van der Waals surface area contributed by atoms with Crippen LogP contribution in [0.25, 0.3) is 0 Å². The van der Waals surface area contributed by atoms with Gasteiger partial charge in [-0.3, -0.25) is 0 Å². The SMILES string of the molecule is CCCC(C)N(C)c1ccc(C(=O)O)c(C)n1. The number of carboxylic acid groups (broad SMARTS) is 1. The van der Waals surface area contributed by atoms with E-state index in [-0.39, 0.29) is 5.56 Å². The Morgan fingerprint density at radius 3 is 2.65 bits per heavy atom. The van der Waals surface area contributed by atoms with Crippen molar-refractivity contribution in [3.63, 3.8) is 0 Å². The number of pyridine rings is 1. The summed E-state index contributed by atoms with van der Waals surface area (Å²) in [5.74, 6) is -0.0979. The maximum atomic E-state index is 10.9. The third-order valence-electron chi connectivity index (χ3n) is 3.03. The molecule has 4 nitrogen and oxygen atoms in total. The Hall–Kier alpha value is -1.58. The van der Waals surface area contributed by atoms with Crippen LogP contribution in [-0.2, 0) is 0 Å². The first-order valence-corrected chi connectivity index (χ1v) is 5.91. The molecule has 1 unspecified atom stereocenters. The number of rotatable bonds is 5. The van der Waals surface area contributed by atoms with E-state index < -0.39 is 5.97 Å². The topological polar surface area (TPSA) is 53.4 Å². The molecule has 0 saturated heterocycles. The van der Waals surface area contributed by atoms with Crippen LogP contribution >= 0.6 is 0 Å². The fourth-order valence-electron chi connectivity index (χ4n) is 1.81. The van der Waals surface area contributed by atoms with Crippen LogP contribution in [0, 0.1) is 6.92 Å². The molecular formula is C13H20N2O2. The Kier molecular flexibility index (Phi) is 4.49. The van der Waals surface area contributed by atoms with Gasteiger partial charge >= 0.3 is 5.97 Å². The van der Waals surface area contributed by atoms with Crippen LogP contribution in [0.5, 0.6) is 0 Å². The number of hydrogen-bond donors (Lipinski definition) is 1. The molecule has 1 atom stereocenters. The Labute approximate surface area is 102 Å². The molecule has 0 aliphatic rings. The second kappa shape index (κ2) is 5.66. The first-order chi connectivity index (χ1) is 7.97. The molecule has 0 bridgehead atoms. The van der Waals surface area contributed by atoms with Gasteiger partial charge in [0.25, 0.3) is 0 Å². The normalized spacial score (nSPS) is 12.2. The van der Waals surface area contributed by atoms with Gasteiger partial charge < -0.3 is 10.0 Å². The van der Waals surface area contributed by atoms with Crippen molar-refractivity contribution in [2.45, 2.75) is 39.7 Å². The Balaban J connectivity index is 2.93. The van der Waals surface area contributed by atoms with Crippen LogP contribution < -0.4 is 4.90 Å². The van der Waals surface area contributed by atoms with E-state index in [1.54, 1.807) is 19.1 Å². The number of aromatic carboxylic acids is 1. The number of nitrogens with zero attached hydrogens (tertiary/aromatic N) is 2. The number of carbonyl (C=O) groups is 1. The van der Waals surface area contributed by atoms with Gasteiger partial charge in [0.15, 0.2) is 0 Å². The minimum Gasteiger partial charge on any atom is -0.478 e. The van der Waals surface area contributed by atoms with E-state index in [1.165, 1.54) is 0 Å². The zero-order chi connectivity index (χ0) is 13.0. The molecule has 0 radical (unpaired) electrons. The third kappa shape index (κ3) is 3.19. The molecule has 0 amide bonds. The summed E-state index contributed by atoms with van der Waals surface area (Å²) in [6, 6.07) is 3.79. The first kappa shape index (κ1) is 13.5.